The number of halogens is 3. The van der Waals surface area contributed by atoms with Crippen molar-refractivity contribution in [2.75, 3.05) is 6.54 Å². The van der Waals surface area contributed by atoms with Crippen LogP contribution in [0.2, 0.25) is 0 Å². The molecule has 9 heteroatoms. The fourth-order valence-corrected chi connectivity index (χ4v) is 2.12. The quantitative estimate of drug-likeness (QED) is 0.800. The minimum absolute atomic E-state index is 0.0386. The molecule has 0 saturated carbocycles. The number of nitrogens with two attached hydrogens (primary N) is 1. The number of amides is 1. The number of nitriles is 1. The van der Waals surface area contributed by atoms with Gasteiger partial charge >= 0.3 is 12.1 Å². The van der Waals surface area contributed by atoms with Gasteiger partial charge in [-0.15, -0.1) is 0 Å². The van der Waals surface area contributed by atoms with E-state index in [0.29, 0.717) is 13.0 Å². The van der Waals surface area contributed by atoms with Crippen molar-refractivity contribution < 1.29 is 27.9 Å². The first-order valence-electron chi connectivity index (χ1n) is 7.05. The Kier molecular flexibility index (Phi) is 7.51. The maximum atomic E-state index is 12.0. The maximum absolute atomic E-state index is 12.0. The lowest BCUT2D eigenvalue weighted by atomic mass is 9.88. The SMILES string of the molecule is CC(C)(C)C[C@H](N)C(=O)N1CCC[C@H]1C#N.O=C(O)C(F)(F)F. The molecule has 1 fully saturated rings. The summed E-state index contributed by atoms with van der Waals surface area (Å²) in [7, 11) is 0. The maximum Gasteiger partial charge on any atom is 0.490 e. The van der Waals surface area contributed by atoms with Gasteiger partial charge in [0.15, 0.2) is 0 Å². The van der Waals surface area contributed by atoms with Crippen LogP contribution in [-0.2, 0) is 9.59 Å². The van der Waals surface area contributed by atoms with Crippen LogP contribution in [0.3, 0.4) is 0 Å². The highest BCUT2D eigenvalue weighted by Crippen LogP contribution is 2.23. The summed E-state index contributed by atoms with van der Waals surface area (Å²) < 4.78 is 31.7. The van der Waals surface area contributed by atoms with Gasteiger partial charge in [-0.3, -0.25) is 4.79 Å². The van der Waals surface area contributed by atoms with Gasteiger partial charge in [-0.05, 0) is 24.7 Å². The highest BCUT2D eigenvalue weighted by atomic mass is 19.4. The molecule has 1 rings (SSSR count). The summed E-state index contributed by atoms with van der Waals surface area (Å²) in [6, 6.07) is 1.42. The molecule has 3 N–H and O–H groups in total. The van der Waals surface area contributed by atoms with E-state index in [-0.39, 0.29) is 17.4 Å². The summed E-state index contributed by atoms with van der Waals surface area (Å²) in [6.45, 7) is 6.86. The van der Waals surface area contributed by atoms with E-state index in [9.17, 15) is 18.0 Å². The average molecular weight is 337 g/mol. The van der Waals surface area contributed by atoms with Crippen molar-refractivity contribution >= 4 is 11.9 Å². The summed E-state index contributed by atoms with van der Waals surface area (Å²) in [5.74, 6) is -2.83. The van der Waals surface area contributed by atoms with E-state index < -0.39 is 18.2 Å². The molecule has 6 nitrogen and oxygen atoms in total. The second-order valence-electron chi connectivity index (χ2n) is 6.49. The molecule has 1 amide bonds. The van der Waals surface area contributed by atoms with E-state index in [4.69, 9.17) is 20.9 Å². The number of carboxylic acids is 1. The van der Waals surface area contributed by atoms with E-state index in [1.165, 1.54) is 0 Å². The summed E-state index contributed by atoms with van der Waals surface area (Å²) in [6.07, 6.45) is -2.74. The smallest absolute Gasteiger partial charge is 0.475 e. The second kappa shape index (κ2) is 8.15. The lowest BCUT2D eigenvalue weighted by Crippen LogP contribution is -2.47. The van der Waals surface area contributed by atoms with Crippen LogP contribution in [0.25, 0.3) is 0 Å². The van der Waals surface area contributed by atoms with Crippen LogP contribution in [-0.4, -0.2) is 46.7 Å². The van der Waals surface area contributed by atoms with Crippen LogP contribution in [0.1, 0.15) is 40.0 Å². The molecule has 2 atom stereocenters. The molecule has 0 aliphatic carbocycles. The van der Waals surface area contributed by atoms with Gasteiger partial charge in [0.25, 0.3) is 0 Å². The molecule has 23 heavy (non-hydrogen) atoms. The van der Waals surface area contributed by atoms with E-state index in [0.717, 1.165) is 12.8 Å². The number of alkyl halides is 3. The molecule has 0 bridgehead atoms. The number of likely N-dealkylation sites (tertiary alicyclic amines) is 1. The van der Waals surface area contributed by atoms with E-state index in [1.54, 1.807) is 4.90 Å². The van der Waals surface area contributed by atoms with Crippen LogP contribution < -0.4 is 5.73 Å². The summed E-state index contributed by atoms with van der Waals surface area (Å²) in [5, 5.41) is 16.0. The topological polar surface area (TPSA) is 107 Å². The number of nitrogens with zero attached hydrogens (tertiary/aromatic N) is 2. The van der Waals surface area contributed by atoms with Crippen molar-refractivity contribution in [2.24, 2.45) is 11.1 Å². The van der Waals surface area contributed by atoms with Crippen LogP contribution >= 0.6 is 0 Å². The minimum atomic E-state index is -5.08. The lowest BCUT2D eigenvalue weighted by Gasteiger charge is -2.27. The van der Waals surface area contributed by atoms with Crippen molar-refractivity contribution in [1.82, 2.24) is 4.90 Å². The Labute approximate surface area is 133 Å². The van der Waals surface area contributed by atoms with Crippen molar-refractivity contribution in [1.29, 1.82) is 5.26 Å². The lowest BCUT2D eigenvalue weighted by molar-refractivity contribution is -0.192. The number of carbonyl (C=O) groups is 2. The Bertz CT molecular complexity index is 467. The fourth-order valence-electron chi connectivity index (χ4n) is 2.12. The largest absolute Gasteiger partial charge is 0.490 e. The molecule has 1 aliphatic heterocycles. The van der Waals surface area contributed by atoms with Crippen molar-refractivity contribution in [3.8, 4) is 6.07 Å². The second-order valence-corrected chi connectivity index (χ2v) is 6.49. The Morgan fingerprint density at radius 1 is 1.39 bits per heavy atom. The van der Waals surface area contributed by atoms with E-state index in [1.807, 2.05) is 0 Å². The summed E-state index contributed by atoms with van der Waals surface area (Å²) >= 11 is 0. The summed E-state index contributed by atoms with van der Waals surface area (Å²) in [4.78, 5) is 22.6. The van der Waals surface area contributed by atoms with Gasteiger partial charge in [0, 0.05) is 6.54 Å². The molecule has 1 saturated heterocycles. The third kappa shape index (κ3) is 7.83. The molecular weight excluding hydrogens is 315 g/mol. The number of hydrogen-bond acceptors (Lipinski definition) is 4. The first-order chi connectivity index (χ1) is 10.3. The molecule has 0 spiro atoms. The first-order valence-corrected chi connectivity index (χ1v) is 7.05. The molecule has 0 aromatic carbocycles. The Morgan fingerprint density at radius 2 is 1.87 bits per heavy atom. The van der Waals surface area contributed by atoms with E-state index in [2.05, 4.69) is 26.8 Å². The molecule has 132 valence electrons. The number of carboxylic acid groups (broad SMARTS) is 1. The van der Waals surface area contributed by atoms with Crippen molar-refractivity contribution in [3.05, 3.63) is 0 Å². The van der Waals surface area contributed by atoms with Crippen molar-refractivity contribution in [2.45, 2.75) is 58.3 Å². The predicted octanol–water partition coefficient (Wildman–Crippen LogP) is 1.90. The van der Waals surface area contributed by atoms with Gasteiger partial charge in [-0.25, -0.2) is 4.79 Å². The minimum Gasteiger partial charge on any atom is -0.475 e. The van der Waals surface area contributed by atoms with Gasteiger partial charge in [0.1, 0.15) is 6.04 Å². The predicted molar refractivity (Wildman–Crippen MR) is 76.1 cm³/mol. The number of hydrogen-bond donors (Lipinski definition) is 2. The number of carbonyl (C=O) groups excluding carboxylic acids is 1. The molecule has 0 radical (unpaired) electrons. The van der Waals surface area contributed by atoms with Gasteiger partial charge in [0.2, 0.25) is 5.91 Å². The highest BCUT2D eigenvalue weighted by molar-refractivity contribution is 5.82. The highest BCUT2D eigenvalue weighted by Gasteiger charge is 2.38. The van der Waals surface area contributed by atoms with Gasteiger partial charge in [-0.1, -0.05) is 20.8 Å². The summed E-state index contributed by atoms with van der Waals surface area (Å²) in [5.41, 5.74) is 5.94. The number of aliphatic carboxylic acids is 1. The normalized spacial score (nSPS) is 19.4. The third-order valence-corrected chi connectivity index (χ3v) is 3.08. The van der Waals surface area contributed by atoms with Crippen LogP contribution in [0.4, 0.5) is 13.2 Å². The Balaban J connectivity index is 0.000000585. The van der Waals surface area contributed by atoms with Crippen LogP contribution in [0.5, 0.6) is 0 Å². The zero-order chi connectivity index (χ0) is 18.4. The van der Waals surface area contributed by atoms with Gasteiger partial charge < -0.3 is 15.7 Å². The fraction of sp³-hybridized carbons (Fsp3) is 0.786. The standard InChI is InChI=1S/C12H21N3O.C2HF3O2/c1-12(2,3)7-10(14)11(16)15-6-4-5-9(15)8-13;3-2(4,5)1(6)7/h9-10H,4-7,14H2,1-3H3;(H,6,7)/t9-,10-;/m0./s1. The molecule has 0 unspecified atom stereocenters. The first kappa shape index (κ1) is 21.2. The molecule has 1 heterocycles. The zero-order valence-corrected chi connectivity index (χ0v) is 13.4. The average Bonchev–Trinajstić information content (AvgIpc) is 2.83. The van der Waals surface area contributed by atoms with Gasteiger partial charge in [0.05, 0.1) is 12.1 Å². The molecule has 0 aromatic rings. The van der Waals surface area contributed by atoms with Crippen LogP contribution in [0, 0.1) is 16.7 Å². The van der Waals surface area contributed by atoms with E-state index >= 15 is 0 Å². The molecule has 0 aromatic heterocycles. The van der Waals surface area contributed by atoms with Crippen molar-refractivity contribution in [3.63, 3.8) is 0 Å². The molecular formula is C14H22F3N3O3. The number of rotatable bonds is 2. The zero-order valence-electron chi connectivity index (χ0n) is 13.4. The van der Waals surface area contributed by atoms with Gasteiger partial charge in [-0.2, -0.15) is 18.4 Å². The Hall–Kier alpha value is -1.82. The molecule has 1 aliphatic rings. The van der Waals surface area contributed by atoms with Crippen LogP contribution in [0.15, 0.2) is 0 Å². The Morgan fingerprint density at radius 3 is 2.22 bits per heavy atom. The third-order valence-electron chi connectivity index (χ3n) is 3.08. The monoisotopic (exact) mass is 337 g/mol.